The number of carbonyl (C=O) groups is 2. The van der Waals surface area contributed by atoms with Crippen LogP contribution in [0.3, 0.4) is 0 Å². The maximum atomic E-state index is 15.8. The van der Waals surface area contributed by atoms with Crippen LogP contribution < -0.4 is 20.7 Å². The normalized spacial score (nSPS) is 17.6. The second kappa shape index (κ2) is 16.2. The Bertz CT molecular complexity index is 2010. The van der Waals surface area contributed by atoms with Crippen molar-refractivity contribution in [3.8, 4) is 5.75 Å². The monoisotopic (exact) mass is 742 g/mol. The zero-order valence-electron chi connectivity index (χ0n) is 28.6. The molecule has 15 heteroatoms. The van der Waals surface area contributed by atoms with Gasteiger partial charge in [-0.15, -0.1) is 0 Å². The van der Waals surface area contributed by atoms with E-state index >= 15 is 4.39 Å². The zero-order chi connectivity index (χ0) is 37.7. The third-order valence-corrected chi connectivity index (χ3v) is 11.1. The topological polar surface area (TPSA) is 131 Å². The fraction of sp³-hybridized carbons (Fsp3) is 0.297. The average Bonchev–Trinajstić information content (AvgIpc) is 3.11. The number of imide groups is 1. The highest BCUT2D eigenvalue weighted by atomic mass is 32.2. The SMILES string of the molecule is COC(=O)N(C(=O)[C@@H](N)[C@@H](c1ccc(F)cc1)c1cc(F)cc(F)c1)c1cccc(F)c1CC[C@H]1CNC[C@H](C)N1S(=O)(=O)c1ccccc1OC. The lowest BCUT2D eigenvalue weighted by Crippen LogP contribution is -2.58. The van der Waals surface area contributed by atoms with Crippen molar-refractivity contribution in [2.45, 2.75) is 48.7 Å². The molecule has 0 spiro atoms. The summed E-state index contributed by atoms with van der Waals surface area (Å²) in [6, 6.07) is 14.3. The highest BCUT2D eigenvalue weighted by molar-refractivity contribution is 7.89. The second-order valence-electron chi connectivity index (χ2n) is 12.3. The van der Waals surface area contributed by atoms with Crippen molar-refractivity contribution in [3.05, 3.63) is 125 Å². The summed E-state index contributed by atoms with van der Waals surface area (Å²) in [5.74, 6) is -5.61. The van der Waals surface area contributed by atoms with E-state index in [1.807, 2.05) is 0 Å². The maximum Gasteiger partial charge on any atom is 0.420 e. The number of rotatable bonds is 11. The highest BCUT2D eigenvalue weighted by Crippen LogP contribution is 2.35. The first kappa shape index (κ1) is 38.4. The smallest absolute Gasteiger partial charge is 0.420 e. The molecule has 276 valence electrons. The number of hydrogen-bond donors (Lipinski definition) is 2. The number of nitrogens with zero attached hydrogens (tertiary/aromatic N) is 2. The fourth-order valence-electron chi connectivity index (χ4n) is 6.64. The van der Waals surface area contributed by atoms with Gasteiger partial charge in [0.2, 0.25) is 10.0 Å². The number of nitrogens with two attached hydrogens (primary N) is 1. The van der Waals surface area contributed by atoms with Crippen LogP contribution in [0.25, 0.3) is 0 Å². The Morgan fingerprint density at radius 3 is 2.23 bits per heavy atom. The number of hydrogen-bond acceptors (Lipinski definition) is 8. The molecule has 1 heterocycles. The second-order valence-corrected chi connectivity index (χ2v) is 14.1. The van der Waals surface area contributed by atoms with Crippen LogP contribution >= 0.6 is 0 Å². The number of nitrogens with one attached hydrogen (secondary N) is 1. The standard InChI is InChI=1S/C37H38F4N4O6S/c1-22-20-43-21-28(45(22)52(48,49)33-10-5-4-9-32(33)50-2)15-16-29-30(41)7-6-8-31(29)44(37(47)51-3)36(46)35(42)34(23-11-13-25(38)14-12-23)24-17-26(39)19-27(40)18-24/h4-14,17-19,22,28,34-35,43H,15-16,20-21,42H2,1-3H3/t22-,28-,34-,35-/m0/s1. The number of ether oxygens (including phenoxy) is 2. The van der Waals surface area contributed by atoms with Gasteiger partial charge in [-0.25, -0.2) is 35.7 Å². The summed E-state index contributed by atoms with van der Waals surface area (Å²) < 4.78 is 98.2. The van der Waals surface area contributed by atoms with E-state index in [-0.39, 0.29) is 52.4 Å². The Balaban J connectivity index is 1.52. The molecule has 3 N–H and O–H groups in total. The summed E-state index contributed by atoms with van der Waals surface area (Å²) in [4.78, 5) is 28.1. The van der Waals surface area contributed by atoms with Crippen molar-refractivity contribution in [1.29, 1.82) is 0 Å². The predicted molar refractivity (Wildman–Crippen MR) is 185 cm³/mol. The van der Waals surface area contributed by atoms with Gasteiger partial charge in [-0.3, -0.25) is 4.79 Å². The number of halogens is 4. The van der Waals surface area contributed by atoms with E-state index in [1.165, 1.54) is 47.8 Å². The predicted octanol–water partition coefficient (Wildman–Crippen LogP) is 5.49. The van der Waals surface area contributed by atoms with Gasteiger partial charge >= 0.3 is 6.09 Å². The molecular weight excluding hydrogens is 704 g/mol. The van der Waals surface area contributed by atoms with Crippen LogP contribution in [0.15, 0.2) is 89.8 Å². The van der Waals surface area contributed by atoms with Gasteiger partial charge in [-0.2, -0.15) is 4.31 Å². The van der Waals surface area contributed by atoms with Gasteiger partial charge < -0.3 is 20.5 Å². The lowest BCUT2D eigenvalue weighted by molar-refractivity contribution is -0.119. The van der Waals surface area contributed by atoms with E-state index in [1.54, 1.807) is 19.1 Å². The van der Waals surface area contributed by atoms with Crippen molar-refractivity contribution >= 4 is 27.7 Å². The quantitative estimate of drug-likeness (QED) is 0.193. The van der Waals surface area contributed by atoms with Crippen LogP contribution in [0.2, 0.25) is 0 Å². The zero-order valence-corrected chi connectivity index (χ0v) is 29.4. The Hall–Kier alpha value is -4.83. The fourth-order valence-corrected chi connectivity index (χ4v) is 8.65. The summed E-state index contributed by atoms with van der Waals surface area (Å²) in [7, 11) is -1.75. The lowest BCUT2D eigenvalue weighted by atomic mass is 9.84. The molecule has 10 nitrogen and oxygen atoms in total. The summed E-state index contributed by atoms with van der Waals surface area (Å²) in [5.41, 5.74) is 6.29. The van der Waals surface area contributed by atoms with Crippen molar-refractivity contribution in [2.75, 3.05) is 32.2 Å². The molecule has 0 unspecified atom stereocenters. The van der Waals surface area contributed by atoms with E-state index < -0.39 is 69.3 Å². The minimum absolute atomic E-state index is 0.0341. The molecular formula is C37H38F4N4O6S. The molecule has 52 heavy (non-hydrogen) atoms. The molecule has 2 amide bonds. The number of para-hydroxylation sites is 1. The minimum atomic E-state index is -4.11. The third kappa shape index (κ3) is 7.97. The third-order valence-electron chi connectivity index (χ3n) is 9.00. The molecule has 4 atom stereocenters. The summed E-state index contributed by atoms with van der Waals surface area (Å²) in [5, 5.41) is 3.21. The number of benzene rings is 4. The molecule has 5 rings (SSSR count). The number of methoxy groups -OCH3 is 2. The average molecular weight is 743 g/mol. The van der Waals surface area contributed by atoms with Gasteiger partial charge in [0.1, 0.15) is 33.9 Å². The Morgan fingerprint density at radius 2 is 1.58 bits per heavy atom. The van der Waals surface area contributed by atoms with Crippen molar-refractivity contribution in [3.63, 3.8) is 0 Å². The van der Waals surface area contributed by atoms with Gasteiger partial charge in [-0.05, 0) is 79.4 Å². The van der Waals surface area contributed by atoms with Crippen LogP contribution in [0, 0.1) is 23.3 Å². The highest BCUT2D eigenvalue weighted by Gasteiger charge is 2.40. The van der Waals surface area contributed by atoms with E-state index in [0.29, 0.717) is 17.5 Å². The number of carbonyl (C=O) groups excluding carboxylic acids is 2. The first-order valence-electron chi connectivity index (χ1n) is 16.3. The van der Waals surface area contributed by atoms with Gasteiger partial charge in [0.25, 0.3) is 5.91 Å². The van der Waals surface area contributed by atoms with Crippen molar-refractivity contribution in [1.82, 2.24) is 9.62 Å². The summed E-state index contributed by atoms with van der Waals surface area (Å²) in [6.45, 7) is 2.31. The molecule has 4 aromatic carbocycles. The van der Waals surface area contributed by atoms with Gasteiger partial charge in [0.15, 0.2) is 0 Å². The molecule has 1 aliphatic heterocycles. The molecule has 4 aromatic rings. The Labute approximate surface area is 299 Å². The van der Waals surface area contributed by atoms with Crippen LogP contribution in [0.5, 0.6) is 5.75 Å². The van der Waals surface area contributed by atoms with Gasteiger partial charge in [0, 0.05) is 42.7 Å². The summed E-state index contributed by atoms with van der Waals surface area (Å²) >= 11 is 0. The molecule has 0 aromatic heterocycles. The van der Waals surface area contributed by atoms with Crippen molar-refractivity contribution in [2.24, 2.45) is 5.73 Å². The first-order chi connectivity index (χ1) is 24.8. The maximum absolute atomic E-state index is 15.8. The van der Waals surface area contributed by atoms with Crippen LogP contribution in [-0.2, 0) is 26.0 Å². The molecule has 1 fully saturated rings. The van der Waals surface area contributed by atoms with E-state index in [2.05, 4.69) is 5.32 Å². The lowest BCUT2D eigenvalue weighted by Gasteiger charge is -2.40. The largest absolute Gasteiger partial charge is 0.495 e. The first-order valence-corrected chi connectivity index (χ1v) is 17.8. The van der Waals surface area contributed by atoms with Crippen LogP contribution in [0.4, 0.5) is 28.0 Å². The number of piperazine rings is 1. The number of sulfonamides is 1. The molecule has 0 radical (unpaired) electrons. The van der Waals surface area contributed by atoms with E-state index in [9.17, 15) is 31.2 Å². The van der Waals surface area contributed by atoms with E-state index in [0.717, 1.165) is 37.4 Å². The molecule has 0 aliphatic carbocycles. The molecule has 1 aliphatic rings. The molecule has 1 saturated heterocycles. The minimum Gasteiger partial charge on any atom is -0.495 e. The van der Waals surface area contributed by atoms with Crippen LogP contribution in [0.1, 0.15) is 36.0 Å². The van der Waals surface area contributed by atoms with Gasteiger partial charge in [-0.1, -0.05) is 30.3 Å². The van der Waals surface area contributed by atoms with Crippen LogP contribution in [-0.4, -0.2) is 70.2 Å². The number of anilines is 1. The summed E-state index contributed by atoms with van der Waals surface area (Å²) in [6.07, 6.45) is -1.33. The van der Waals surface area contributed by atoms with Gasteiger partial charge in [0.05, 0.1) is 25.9 Å². The Morgan fingerprint density at radius 1 is 0.904 bits per heavy atom. The van der Waals surface area contributed by atoms with E-state index in [4.69, 9.17) is 15.2 Å². The molecule has 0 bridgehead atoms. The van der Waals surface area contributed by atoms with Crippen molar-refractivity contribution < 1.29 is 45.0 Å². The Kier molecular flexibility index (Phi) is 12.0. The number of amides is 2. The molecule has 0 saturated carbocycles.